The Morgan fingerprint density at radius 1 is 1.20 bits per heavy atom. The van der Waals surface area contributed by atoms with Crippen LogP contribution in [-0.2, 0) is 14.3 Å². The minimum Gasteiger partial charge on any atom is -0.480 e. The number of carboxylic acids is 1. The van der Waals surface area contributed by atoms with Crippen molar-refractivity contribution in [3.8, 4) is 0 Å². The van der Waals surface area contributed by atoms with Crippen LogP contribution >= 0.6 is 0 Å². The van der Waals surface area contributed by atoms with Gasteiger partial charge in [-0.1, -0.05) is 0 Å². The average molecular weight is 288 g/mol. The molecule has 20 heavy (non-hydrogen) atoms. The molecular weight excluding hydrogens is 264 g/mol. The van der Waals surface area contributed by atoms with Gasteiger partial charge in [-0.2, -0.15) is 0 Å². The molecule has 7 heteroatoms. The van der Waals surface area contributed by atoms with Crippen LogP contribution in [0.2, 0.25) is 0 Å². The number of hydrogen-bond donors (Lipinski definition) is 3. The zero-order valence-corrected chi connectivity index (χ0v) is 12.5. The Morgan fingerprint density at radius 2 is 1.80 bits per heavy atom. The highest BCUT2D eigenvalue weighted by Gasteiger charge is 2.23. The number of unbranched alkanes of at least 4 members (excludes halogenated alkanes) is 1. The molecule has 0 aromatic heterocycles. The summed E-state index contributed by atoms with van der Waals surface area (Å²) in [5.74, 6) is -1.22. The molecule has 0 aliphatic carbocycles. The summed E-state index contributed by atoms with van der Waals surface area (Å²) >= 11 is 0. The summed E-state index contributed by atoms with van der Waals surface area (Å²) in [6, 6.07) is -0.984. The van der Waals surface area contributed by atoms with Crippen molar-refractivity contribution in [1.29, 1.82) is 0 Å². The fourth-order valence-corrected chi connectivity index (χ4v) is 1.45. The normalized spacial score (nSPS) is 12.4. The predicted octanol–water partition coefficient (Wildman–Crippen LogP) is 1.27. The molecule has 3 N–H and O–H groups in total. The number of carboxylic acid groups (broad SMARTS) is 1. The van der Waals surface area contributed by atoms with Gasteiger partial charge in [-0.25, -0.2) is 9.59 Å². The molecule has 1 atom stereocenters. The fourth-order valence-electron chi connectivity index (χ4n) is 1.45. The van der Waals surface area contributed by atoms with E-state index >= 15 is 0 Å². The van der Waals surface area contributed by atoms with Gasteiger partial charge in [-0.15, -0.1) is 0 Å². The number of rotatable bonds is 7. The summed E-state index contributed by atoms with van der Waals surface area (Å²) in [4.78, 5) is 33.2. The topological polar surface area (TPSA) is 105 Å². The Bertz CT molecular complexity index is 349. The van der Waals surface area contributed by atoms with Crippen molar-refractivity contribution in [2.24, 2.45) is 0 Å². The van der Waals surface area contributed by atoms with E-state index in [1.807, 2.05) is 0 Å². The van der Waals surface area contributed by atoms with E-state index in [0.29, 0.717) is 19.4 Å². The first kappa shape index (κ1) is 18.2. The zero-order chi connectivity index (χ0) is 15.8. The second-order valence-corrected chi connectivity index (χ2v) is 5.52. The molecule has 0 saturated carbocycles. The molecule has 7 nitrogen and oxygen atoms in total. The summed E-state index contributed by atoms with van der Waals surface area (Å²) in [6.45, 7) is 7.03. The molecule has 0 aliphatic rings. The summed E-state index contributed by atoms with van der Waals surface area (Å²) in [6.07, 6.45) is 0.771. The van der Waals surface area contributed by atoms with Crippen LogP contribution in [0.4, 0.5) is 4.79 Å². The predicted molar refractivity (Wildman–Crippen MR) is 73.3 cm³/mol. The fraction of sp³-hybridized carbons (Fsp3) is 0.769. The molecule has 0 aromatic rings. The van der Waals surface area contributed by atoms with Gasteiger partial charge in [0.05, 0.1) is 0 Å². The zero-order valence-electron chi connectivity index (χ0n) is 12.5. The summed E-state index contributed by atoms with van der Waals surface area (Å²) in [7, 11) is 0. The second-order valence-electron chi connectivity index (χ2n) is 5.52. The molecule has 0 heterocycles. The van der Waals surface area contributed by atoms with Gasteiger partial charge in [0.2, 0.25) is 5.91 Å². The van der Waals surface area contributed by atoms with Gasteiger partial charge in [-0.05, 0) is 40.0 Å². The lowest BCUT2D eigenvalue weighted by atomic mass is 10.1. The number of carbonyl (C=O) groups excluding carboxylic acids is 2. The van der Waals surface area contributed by atoms with Crippen molar-refractivity contribution in [2.75, 3.05) is 6.54 Å². The van der Waals surface area contributed by atoms with Crippen LogP contribution in [0.15, 0.2) is 0 Å². The Morgan fingerprint density at radius 3 is 2.25 bits per heavy atom. The Kier molecular flexibility index (Phi) is 7.64. The highest BCUT2D eigenvalue weighted by Crippen LogP contribution is 2.08. The quantitative estimate of drug-likeness (QED) is 0.612. The molecule has 0 bridgehead atoms. The summed E-state index contributed by atoms with van der Waals surface area (Å²) in [5, 5.41) is 14.0. The van der Waals surface area contributed by atoms with Gasteiger partial charge in [0, 0.05) is 13.5 Å². The maximum atomic E-state index is 11.5. The maximum Gasteiger partial charge on any atom is 0.408 e. The van der Waals surface area contributed by atoms with Gasteiger partial charge in [0.1, 0.15) is 11.6 Å². The Labute approximate surface area is 119 Å². The lowest BCUT2D eigenvalue weighted by molar-refractivity contribution is -0.139. The van der Waals surface area contributed by atoms with Gasteiger partial charge in [-0.3, -0.25) is 4.79 Å². The molecule has 0 radical (unpaired) electrons. The van der Waals surface area contributed by atoms with E-state index in [-0.39, 0.29) is 12.3 Å². The molecule has 0 aromatic carbocycles. The van der Waals surface area contributed by atoms with Crippen molar-refractivity contribution in [3.63, 3.8) is 0 Å². The van der Waals surface area contributed by atoms with E-state index in [1.54, 1.807) is 20.8 Å². The molecule has 0 aliphatic heterocycles. The van der Waals surface area contributed by atoms with Crippen molar-refractivity contribution >= 4 is 18.0 Å². The largest absolute Gasteiger partial charge is 0.480 e. The van der Waals surface area contributed by atoms with E-state index in [9.17, 15) is 14.4 Å². The molecule has 0 spiro atoms. The lowest BCUT2D eigenvalue weighted by Gasteiger charge is -2.22. The van der Waals surface area contributed by atoms with Gasteiger partial charge in [0.25, 0.3) is 0 Å². The first-order chi connectivity index (χ1) is 9.11. The van der Waals surface area contributed by atoms with E-state index in [0.717, 1.165) is 0 Å². The van der Waals surface area contributed by atoms with E-state index < -0.39 is 23.7 Å². The van der Waals surface area contributed by atoms with E-state index in [4.69, 9.17) is 9.84 Å². The number of alkyl carbamates (subject to hydrolysis) is 1. The number of hydrogen-bond acceptors (Lipinski definition) is 4. The smallest absolute Gasteiger partial charge is 0.408 e. The standard InChI is InChI=1S/C13H24N2O5/c1-9(16)14-8-6-5-7-10(11(17)18)15-12(19)20-13(2,3)4/h10H,5-8H2,1-4H3,(H,14,16)(H,15,19)(H,17,18)/t10-/m1/s1. The summed E-state index contributed by atoms with van der Waals surface area (Å²) < 4.78 is 5.01. The van der Waals surface area contributed by atoms with Crippen LogP contribution in [0.25, 0.3) is 0 Å². The Balaban J connectivity index is 4.08. The van der Waals surface area contributed by atoms with Crippen molar-refractivity contribution in [3.05, 3.63) is 0 Å². The Hall–Kier alpha value is -1.79. The highest BCUT2D eigenvalue weighted by atomic mass is 16.6. The average Bonchev–Trinajstić information content (AvgIpc) is 2.23. The first-order valence-corrected chi connectivity index (χ1v) is 6.58. The minimum atomic E-state index is -1.10. The van der Waals surface area contributed by atoms with Crippen molar-refractivity contribution in [2.45, 2.75) is 58.6 Å². The van der Waals surface area contributed by atoms with Crippen LogP contribution in [0.3, 0.4) is 0 Å². The number of ether oxygens (including phenoxy) is 1. The van der Waals surface area contributed by atoms with Gasteiger partial charge < -0.3 is 20.5 Å². The molecule has 0 unspecified atom stereocenters. The molecule has 0 saturated heterocycles. The maximum absolute atomic E-state index is 11.5. The van der Waals surface area contributed by atoms with Gasteiger partial charge in [0.15, 0.2) is 0 Å². The third-order valence-corrected chi connectivity index (χ3v) is 2.28. The minimum absolute atomic E-state index is 0.119. The van der Waals surface area contributed by atoms with Crippen LogP contribution in [-0.4, -0.2) is 41.3 Å². The lowest BCUT2D eigenvalue weighted by Crippen LogP contribution is -2.43. The number of amides is 2. The first-order valence-electron chi connectivity index (χ1n) is 6.58. The van der Waals surface area contributed by atoms with Crippen LogP contribution in [0.1, 0.15) is 47.0 Å². The monoisotopic (exact) mass is 288 g/mol. The molecule has 2 amide bonds. The van der Waals surface area contributed by atoms with Crippen molar-refractivity contribution < 1.29 is 24.2 Å². The second kappa shape index (κ2) is 8.39. The third kappa shape index (κ3) is 10.2. The molecular formula is C13H24N2O5. The van der Waals surface area contributed by atoms with Gasteiger partial charge >= 0.3 is 12.1 Å². The van der Waals surface area contributed by atoms with E-state index in [2.05, 4.69) is 10.6 Å². The van der Waals surface area contributed by atoms with Crippen LogP contribution in [0.5, 0.6) is 0 Å². The number of aliphatic carboxylic acids is 1. The third-order valence-electron chi connectivity index (χ3n) is 2.28. The van der Waals surface area contributed by atoms with Crippen molar-refractivity contribution in [1.82, 2.24) is 10.6 Å². The number of carbonyl (C=O) groups is 3. The van der Waals surface area contributed by atoms with Crippen LogP contribution in [0, 0.1) is 0 Å². The molecule has 0 rings (SSSR count). The summed E-state index contributed by atoms with van der Waals surface area (Å²) in [5.41, 5.74) is -0.668. The van der Waals surface area contributed by atoms with E-state index in [1.165, 1.54) is 6.92 Å². The highest BCUT2D eigenvalue weighted by molar-refractivity contribution is 5.79. The van der Waals surface area contributed by atoms with Crippen LogP contribution < -0.4 is 10.6 Å². The molecule has 116 valence electrons. The molecule has 0 fully saturated rings. The SMILES string of the molecule is CC(=O)NCCCC[C@@H](NC(=O)OC(C)(C)C)C(=O)O. The number of nitrogens with one attached hydrogen (secondary N) is 2.